The van der Waals surface area contributed by atoms with Crippen LogP contribution >= 0.6 is 0 Å². The fraction of sp³-hybridized carbons (Fsp3) is 0.538. The molecule has 1 rings (SSSR count). The Morgan fingerprint density at radius 2 is 1.74 bits per heavy atom. The van der Waals surface area contributed by atoms with Crippen LogP contribution < -0.4 is 4.72 Å². The maximum Gasteiger partial charge on any atom is 0.266 e. The Balaban J connectivity index is 2.95. The van der Waals surface area contributed by atoms with E-state index in [1.54, 1.807) is 27.7 Å². The average molecular weight is 293 g/mol. The fourth-order valence-corrected chi connectivity index (χ4v) is 2.27. The van der Waals surface area contributed by atoms with E-state index in [2.05, 4.69) is 4.72 Å². The van der Waals surface area contributed by atoms with E-state index in [-0.39, 0.29) is 5.56 Å². The van der Waals surface area contributed by atoms with E-state index in [1.807, 2.05) is 0 Å². The highest BCUT2D eigenvalue weighted by molar-refractivity contribution is 7.90. The standard InChI is InChI=1S/C13H18F3NOS/c1-8(17-19(18)13(2,3)4)9-6-5-7-10(11(9)14)12(15)16/h5-8,12,17H,1-4H3/t8?,19-/m0/s1. The first kappa shape index (κ1) is 16.3. The second kappa shape index (κ2) is 6.15. The lowest BCUT2D eigenvalue weighted by Gasteiger charge is -2.26. The molecule has 1 aromatic rings. The van der Waals surface area contributed by atoms with Gasteiger partial charge in [0.05, 0.1) is 11.6 Å². The second-order valence-electron chi connectivity index (χ2n) is 5.27. The van der Waals surface area contributed by atoms with Crippen LogP contribution in [0.5, 0.6) is 0 Å². The Hall–Kier alpha value is -0.720. The summed E-state index contributed by atoms with van der Waals surface area (Å²) < 4.78 is 53.2. The van der Waals surface area contributed by atoms with Crippen LogP contribution in [-0.2, 0) is 11.4 Å². The molecule has 0 saturated carbocycles. The van der Waals surface area contributed by atoms with Crippen molar-refractivity contribution in [2.75, 3.05) is 0 Å². The zero-order valence-corrected chi connectivity index (χ0v) is 12.2. The first-order valence-electron chi connectivity index (χ1n) is 5.89. The third-order valence-corrected chi connectivity index (χ3v) is 4.28. The topological polar surface area (TPSA) is 35.1 Å². The number of nitrogens with one attached hydrogen (secondary N) is 1. The molecule has 0 heterocycles. The van der Waals surface area contributed by atoms with Crippen LogP contribution in [0.25, 0.3) is 0 Å². The van der Waals surface area contributed by atoms with Crippen LogP contribution in [0, 0.1) is 5.82 Å². The summed E-state index contributed by atoms with van der Waals surface area (Å²) in [5.41, 5.74) is -0.539. The van der Waals surface area contributed by atoms with Crippen molar-refractivity contribution in [3.05, 3.63) is 35.1 Å². The minimum atomic E-state index is -2.86. The van der Waals surface area contributed by atoms with E-state index in [1.165, 1.54) is 12.1 Å². The molecule has 0 aliphatic heterocycles. The van der Waals surface area contributed by atoms with Crippen molar-refractivity contribution in [2.24, 2.45) is 0 Å². The van der Waals surface area contributed by atoms with Gasteiger partial charge in [0.1, 0.15) is 10.6 Å². The molecule has 0 radical (unpaired) electrons. The molecule has 19 heavy (non-hydrogen) atoms. The van der Waals surface area contributed by atoms with Crippen molar-refractivity contribution in [3.8, 4) is 0 Å². The zero-order chi connectivity index (χ0) is 14.8. The van der Waals surface area contributed by atoms with Crippen LogP contribution in [-0.4, -0.2) is 9.30 Å². The predicted octanol–water partition coefficient (Wildman–Crippen LogP) is 3.88. The van der Waals surface area contributed by atoms with Crippen molar-refractivity contribution in [2.45, 2.75) is 44.9 Å². The Labute approximate surface area is 114 Å². The summed E-state index contributed by atoms with van der Waals surface area (Å²) in [5.74, 6) is -0.941. The molecule has 108 valence electrons. The van der Waals surface area contributed by atoms with E-state index in [9.17, 15) is 17.7 Å². The highest BCUT2D eigenvalue weighted by atomic mass is 32.2. The maximum absolute atomic E-state index is 13.9. The third kappa shape index (κ3) is 4.12. The first-order valence-corrected chi connectivity index (χ1v) is 7.04. The molecule has 0 fully saturated rings. The van der Waals surface area contributed by atoms with Gasteiger partial charge in [-0.05, 0) is 27.7 Å². The minimum Gasteiger partial charge on any atom is -0.598 e. The van der Waals surface area contributed by atoms with Crippen LogP contribution in [0.2, 0.25) is 0 Å². The number of benzene rings is 1. The fourth-order valence-electron chi connectivity index (χ4n) is 1.47. The van der Waals surface area contributed by atoms with Gasteiger partial charge in [0.25, 0.3) is 6.43 Å². The lowest BCUT2D eigenvalue weighted by atomic mass is 10.0. The molecule has 0 aromatic heterocycles. The van der Waals surface area contributed by atoms with Crippen LogP contribution in [0.4, 0.5) is 13.2 Å². The van der Waals surface area contributed by atoms with Crippen molar-refractivity contribution in [1.82, 2.24) is 4.72 Å². The Morgan fingerprint density at radius 1 is 1.21 bits per heavy atom. The van der Waals surface area contributed by atoms with Gasteiger partial charge in [-0.15, -0.1) is 4.72 Å². The molecule has 1 unspecified atom stereocenters. The molecule has 1 N–H and O–H groups in total. The van der Waals surface area contributed by atoms with Crippen LogP contribution in [0.15, 0.2) is 18.2 Å². The molecule has 0 aliphatic rings. The zero-order valence-electron chi connectivity index (χ0n) is 11.3. The first-order chi connectivity index (χ1) is 8.64. The SMILES string of the molecule is CC(N[S@@+]([O-])C(C)(C)C)c1cccc(C(F)F)c1F. The maximum atomic E-state index is 13.9. The van der Waals surface area contributed by atoms with Gasteiger partial charge < -0.3 is 4.55 Å². The summed E-state index contributed by atoms with van der Waals surface area (Å²) in [4.78, 5) is 0. The lowest BCUT2D eigenvalue weighted by Crippen LogP contribution is -2.40. The van der Waals surface area contributed by atoms with E-state index in [0.29, 0.717) is 0 Å². The van der Waals surface area contributed by atoms with Crippen LogP contribution in [0.1, 0.15) is 51.3 Å². The van der Waals surface area contributed by atoms with Gasteiger partial charge in [-0.1, -0.05) is 18.2 Å². The van der Waals surface area contributed by atoms with Gasteiger partial charge in [-0.3, -0.25) is 0 Å². The van der Waals surface area contributed by atoms with Gasteiger partial charge in [0.15, 0.2) is 0 Å². The smallest absolute Gasteiger partial charge is 0.266 e. The highest BCUT2D eigenvalue weighted by Gasteiger charge is 2.29. The average Bonchev–Trinajstić information content (AvgIpc) is 2.27. The Morgan fingerprint density at radius 3 is 2.21 bits per heavy atom. The van der Waals surface area contributed by atoms with Gasteiger partial charge in [0, 0.05) is 16.9 Å². The highest BCUT2D eigenvalue weighted by Crippen LogP contribution is 2.28. The monoisotopic (exact) mass is 293 g/mol. The molecule has 0 bridgehead atoms. The quantitative estimate of drug-likeness (QED) is 0.855. The Kier molecular flexibility index (Phi) is 5.29. The number of hydrogen-bond acceptors (Lipinski definition) is 2. The van der Waals surface area contributed by atoms with Gasteiger partial charge in [0.2, 0.25) is 0 Å². The van der Waals surface area contributed by atoms with E-state index in [4.69, 9.17) is 0 Å². The molecule has 0 saturated heterocycles. The summed E-state index contributed by atoms with van der Waals surface area (Å²) in [6.07, 6.45) is -2.86. The molecule has 2 atom stereocenters. The molecule has 1 aromatic carbocycles. The predicted molar refractivity (Wildman–Crippen MR) is 70.8 cm³/mol. The number of halogens is 3. The van der Waals surface area contributed by atoms with E-state index >= 15 is 0 Å². The second-order valence-corrected chi connectivity index (χ2v) is 7.27. The van der Waals surface area contributed by atoms with Crippen molar-refractivity contribution in [3.63, 3.8) is 0 Å². The Bertz CT molecular complexity index is 434. The molecule has 0 aliphatic carbocycles. The summed E-state index contributed by atoms with van der Waals surface area (Å²) >= 11 is -1.40. The normalized spacial score (nSPS) is 15.6. The third-order valence-electron chi connectivity index (χ3n) is 2.60. The number of rotatable bonds is 4. The number of alkyl halides is 2. The molecule has 0 amide bonds. The van der Waals surface area contributed by atoms with Gasteiger partial charge in [-0.25, -0.2) is 13.2 Å². The van der Waals surface area contributed by atoms with Crippen molar-refractivity contribution < 1.29 is 17.7 Å². The van der Waals surface area contributed by atoms with Crippen molar-refractivity contribution >= 4 is 11.4 Å². The van der Waals surface area contributed by atoms with E-state index in [0.717, 1.165) is 6.07 Å². The molecule has 0 spiro atoms. The molecular weight excluding hydrogens is 275 g/mol. The molecule has 6 heteroatoms. The van der Waals surface area contributed by atoms with E-state index < -0.39 is 40.0 Å². The van der Waals surface area contributed by atoms with Gasteiger partial charge >= 0.3 is 0 Å². The molecule has 2 nitrogen and oxygen atoms in total. The van der Waals surface area contributed by atoms with Crippen molar-refractivity contribution in [1.29, 1.82) is 0 Å². The van der Waals surface area contributed by atoms with Gasteiger partial charge in [-0.2, -0.15) is 0 Å². The summed E-state index contributed by atoms with van der Waals surface area (Å²) in [7, 11) is 0. The summed E-state index contributed by atoms with van der Waals surface area (Å²) in [5, 5.41) is 0. The number of hydrogen-bond donors (Lipinski definition) is 1. The lowest BCUT2D eigenvalue weighted by molar-refractivity contribution is 0.146. The molecular formula is C13H18F3NOS. The van der Waals surface area contributed by atoms with Crippen LogP contribution in [0.3, 0.4) is 0 Å². The largest absolute Gasteiger partial charge is 0.598 e. The minimum absolute atomic E-state index is 0.0930. The summed E-state index contributed by atoms with van der Waals surface area (Å²) in [6.45, 7) is 6.91. The summed E-state index contributed by atoms with van der Waals surface area (Å²) in [6, 6.07) is 3.23.